The molecule has 0 amide bonds. The summed E-state index contributed by atoms with van der Waals surface area (Å²) in [5.74, 6) is -0.0130. The van der Waals surface area contributed by atoms with Gasteiger partial charge in [-0.2, -0.15) is 13.2 Å². The van der Waals surface area contributed by atoms with E-state index >= 15 is 0 Å². The first-order chi connectivity index (χ1) is 9.40. The summed E-state index contributed by atoms with van der Waals surface area (Å²) in [4.78, 5) is 4.96. The molecule has 0 saturated carbocycles. The minimum atomic E-state index is -4.43. The third-order valence-corrected chi connectivity index (χ3v) is 3.78. The number of nitrogens with zero attached hydrogens (tertiary/aromatic N) is 1. The Morgan fingerprint density at radius 3 is 2.70 bits per heavy atom. The Kier molecular flexibility index (Phi) is 4.17. The van der Waals surface area contributed by atoms with Gasteiger partial charge in [-0.15, -0.1) is 11.3 Å². The monoisotopic (exact) mass is 301 g/mol. The van der Waals surface area contributed by atoms with Crippen molar-refractivity contribution in [3.8, 4) is 0 Å². The van der Waals surface area contributed by atoms with Gasteiger partial charge in [-0.1, -0.05) is 13.0 Å². The molecule has 3 N–H and O–H groups in total. The zero-order valence-electron chi connectivity index (χ0n) is 10.7. The molecule has 0 saturated heterocycles. The summed E-state index contributed by atoms with van der Waals surface area (Å²) in [6, 6.07) is 5.57. The maximum absolute atomic E-state index is 12.7. The van der Waals surface area contributed by atoms with Gasteiger partial charge in [-0.25, -0.2) is 4.98 Å². The maximum atomic E-state index is 12.7. The molecule has 2 aromatic heterocycles. The second-order valence-corrected chi connectivity index (χ2v) is 5.26. The van der Waals surface area contributed by atoms with Crippen LogP contribution in [0.2, 0.25) is 0 Å². The summed E-state index contributed by atoms with van der Waals surface area (Å²) >= 11 is 1.55. The molecule has 0 radical (unpaired) electrons. The van der Waals surface area contributed by atoms with Crippen LogP contribution in [0.1, 0.15) is 29.8 Å². The van der Waals surface area contributed by atoms with E-state index in [1.165, 1.54) is 0 Å². The van der Waals surface area contributed by atoms with E-state index in [0.29, 0.717) is 0 Å². The highest BCUT2D eigenvalue weighted by Crippen LogP contribution is 2.33. The van der Waals surface area contributed by atoms with Crippen LogP contribution < -0.4 is 11.1 Å². The molecule has 108 valence electrons. The number of rotatable bonds is 4. The zero-order chi connectivity index (χ0) is 14.8. The molecule has 7 heteroatoms. The molecule has 0 aliphatic carbocycles. The van der Waals surface area contributed by atoms with Crippen LogP contribution in [0, 0.1) is 0 Å². The van der Waals surface area contributed by atoms with Gasteiger partial charge < -0.3 is 11.1 Å². The Balaban J connectivity index is 2.27. The van der Waals surface area contributed by atoms with Gasteiger partial charge in [0.05, 0.1) is 11.6 Å². The summed E-state index contributed by atoms with van der Waals surface area (Å²) in [5.41, 5.74) is 4.65. The largest absolute Gasteiger partial charge is 0.416 e. The number of thiophene rings is 1. The highest BCUT2D eigenvalue weighted by Gasteiger charge is 2.31. The molecule has 0 bridgehead atoms. The highest BCUT2D eigenvalue weighted by molar-refractivity contribution is 7.10. The number of nitrogens with two attached hydrogens (primary N) is 1. The molecule has 0 aromatic carbocycles. The molecule has 0 aliphatic heterocycles. The molecule has 0 aliphatic rings. The van der Waals surface area contributed by atoms with E-state index in [-0.39, 0.29) is 17.7 Å². The van der Waals surface area contributed by atoms with Crippen LogP contribution in [-0.2, 0) is 6.18 Å². The van der Waals surface area contributed by atoms with Gasteiger partial charge in [-0.3, -0.25) is 0 Å². The summed E-state index contributed by atoms with van der Waals surface area (Å²) in [5, 5.41) is 4.93. The number of nitrogen functional groups attached to an aromatic ring is 1. The normalized spacial score (nSPS) is 13.2. The van der Waals surface area contributed by atoms with E-state index in [2.05, 4.69) is 10.3 Å². The van der Waals surface area contributed by atoms with Crippen molar-refractivity contribution in [1.82, 2.24) is 4.98 Å². The lowest BCUT2D eigenvalue weighted by Gasteiger charge is -2.17. The number of alkyl halides is 3. The second kappa shape index (κ2) is 5.70. The van der Waals surface area contributed by atoms with Crippen molar-refractivity contribution < 1.29 is 13.2 Å². The van der Waals surface area contributed by atoms with Gasteiger partial charge in [0.1, 0.15) is 11.6 Å². The first-order valence-corrected chi connectivity index (χ1v) is 6.93. The quantitative estimate of drug-likeness (QED) is 0.885. The number of hydrogen-bond acceptors (Lipinski definition) is 4. The van der Waals surface area contributed by atoms with E-state index < -0.39 is 11.7 Å². The summed E-state index contributed by atoms with van der Waals surface area (Å²) in [6.07, 6.45) is -3.70. The van der Waals surface area contributed by atoms with E-state index in [4.69, 9.17) is 5.73 Å². The summed E-state index contributed by atoms with van der Waals surface area (Å²) < 4.78 is 38.2. The SMILES string of the molecule is CCC(Nc1cc(C(F)(F)F)cc(N)n1)c1cccs1. The number of nitrogens with one attached hydrogen (secondary N) is 1. The molecule has 20 heavy (non-hydrogen) atoms. The van der Waals surface area contributed by atoms with Crippen LogP contribution in [0.25, 0.3) is 0 Å². The van der Waals surface area contributed by atoms with Crippen molar-refractivity contribution in [3.05, 3.63) is 40.1 Å². The number of pyridine rings is 1. The van der Waals surface area contributed by atoms with Crippen LogP contribution in [0.5, 0.6) is 0 Å². The van der Waals surface area contributed by atoms with Crippen molar-refractivity contribution >= 4 is 23.0 Å². The van der Waals surface area contributed by atoms with E-state index in [1.807, 2.05) is 24.4 Å². The Hall–Kier alpha value is -1.76. The van der Waals surface area contributed by atoms with Crippen molar-refractivity contribution in [3.63, 3.8) is 0 Å². The molecule has 0 spiro atoms. The Labute approximate surface area is 118 Å². The average molecular weight is 301 g/mol. The lowest BCUT2D eigenvalue weighted by Crippen LogP contribution is -2.13. The number of anilines is 2. The molecule has 0 fully saturated rings. The fourth-order valence-corrected chi connectivity index (χ4v) is 2.69. The number of aromatic nitrogens is 1. The first kappa shape index (κ1) is 14.6. The Bertz CT molecular complexity index is 567. The average Bonchev–Trinajstić information content (AvgIpc) is 2.88. The van der Waals surface area contributed by atoms with E-state index in [9.17, 15) is 13.2 Å². The lowest BCUT2D eigenvalue weighted by molar-refractivity contribution is -0.137. The fraction of sp³-hybridized carbons (Fsp3) is 0.308. The van der Waals surface area contributed by atoms with Crippen LogP contribution in [0.4, 0.5) is 24.8 Å². The van der Waals surface area contributed by atoms with Crippen molar-refractivity contribution in [1.29, 1.82) is 0 Å². The highest BCUT2D eigenvalue weighted by atomic mass is 32.1. The van der Waals surface area contributed by atoms with Crippen molar-refractivity contribution in [2.24, 2.45) is 0 Å². The van der Waals surface area contributed by atoms with Crippen LogP contribution >= 0.6 is 11.3 Å². The minimum absolute atomic E-state index is 0.0783. The molecular weight excluding hydrogens is 287 g/mol. The Morgan fingerprint density at radius 2 is 2.15 bits per heavy atom. The maximum Gasteiger partial charge on any atom is 0.416 e. The standard InChI is InChI=1S/C13H14F3N3S/c1-2-9(10-4-3-5-20-10)18-12-7-8(13(14,15)16)6-11(17)19-12/h3-7,9H,2H2,1H3,(H3,17,18,19). The van der Waals surface area contributed by atoms with Gasteiger partial charge >= 0.3 is 6.18 Å². The lowest BCUT2D eigenvalue weighted by atomic mass is 10.2. The topological polar surface area (TPSA) is 50.9 Å². The number of halogens is 3. The summed E-state index contributed by atoms with van der Waals surface area (Å²) in [6.45, 7) is 1.95. The molecule has 1 atom stereocenters. The van der Waals surface area contributed by atoms with Gasteiger partial charge in [0, 0.05) is 4.88 Å². The predicted octanol–water partition coefficient (Wildman–Crippen LogP) is 4.31. The van der Waals surface area contributed by atoms with E-state index in [0.717, 1.165) is 23.4 Å². The summed E-state index contributed by atoms with van der Waals surface area (Å²) in [7, 11) is 0. The van der Waals surface area contributed by atoms with Crippen LogP contribution in [0.3, 0.4) is 0 Å². The molecule has 1 unspecified atom stereocenters. The van der Waals surface area contributed by atoms with Gasteiger partial charge in [0.15, 0.2) is 0 Å². The van der Waals surface area contributed by atoms with Gasteiger partial charge in [0.2, 0.25) is 0 Å². The molecule has 2 heterocycles. The first-order valence-electron chi connectivity index (χ1n) is 6.05. The minimum Gasteiger partial charge on any atom is -0.384 e. The third kappa shape index (κ3) is 3.41. The van der Waals surface area contributed by atoms with E-state index in [1.54, 1.807) is 11.3 Å². The predicted molar refractivity (Wildman–Crippen MR) is 74.6 cm³/mol. The van der Waals surface area contributed by atoms with Crippen LogP contribution in [0.15, 0.2) is 29.6 Å². The third-order valence-electron chi connectivity index (χ3n) is 2.79. The van der Waals surface area contributed by atoms with Gasteiger partial charge in [-0.05, 0) is 30.0 Å². The Morgan fingerprint density at radius 1 is 1.40 bits per heavy atom. The van der Waals surface area contributed by atoms with Gasteiger partial charge in [0.25, 0.3) is 0 Å². The van der Waals surface area contributed by atoms with Crippen LogP contribution in [-0.4, -0.2) is 4.98 Å². The van der Waals surface area contributed by atoms with Crippen molar-refractivity contribution in [2.45, 2.75) is 25.6 Å². The molecule has 2 aromatic rings. The van der Waals surface area contributed by atoms with Crippen molar-refractivity contribution in [2.75, 3.05) is 11.1 Å². The molecule has 2 rings (SSSR count). The zero-order valence-corrected chi connectivity index (χ0v) is 11.6. The molecular formula is C13H14F3N3S. The molecule has 3 nitrogen and oxygen atoms in total. The number of hydrogen-bond donors (Lipinski definition) is 2. The smallest absolute Gasteiger partial charge is 0.384 e. The second-order valence-electron chi connectivity index (χ2n) is 4.28. The fourth-order valence-electron chi connectivity index (χ4n) is 1.83.